The predicted molar refractivity (Wildman–Crippen MR) is 103 cm³/mol. The van der Waals surface area contributed by atoms with Gasteiger partial charge in [0.1, 0.15) is 0 Å². The Balaban J connectivity index is 1.62. The molecule has 148 valence electrons. The van der Waals surface area contributed by atoms with Gasteiger partial charge in [0, 0.05) is 36.2 Å². The maximum absolute atomic E-state index is 12.9. The van der Waals surface area contributed by atoms with Gasteiger partial charge in [-0.1, -0.05) is 24.3 Å². The van der Waals surface area contributed by atoms with Gasteiger partial charge in [-0.3, -0.25) is 4.98 Å². The number of alkyl halides is 3. The number of hydrogen-bond acceptors (Lipinski definition) is 3. The van der Waals surface area contributed by atoms with E-state index in [1.54, 1.807) is 24.4 Å². The van der Waals surface area contributed by atoms with Gasteiger partial charge < -0.3 is 10.0 Å². The van der Waals surface area contributed by atoms with Crippen LogP contribution in [0.4, 0.5) is 24.5 Å². The molecule has 0 atom stereocenters. The lowest BCUT2D eigenvalue weighted by Crippen LogP contribution is -2.13. The third kappa shape index (κ3) is 3.81. The molecule has 1 aliphatic rings. The number of pyridine rings is 1. The van der Waals surface area contributed by atoms with E-state index in [1.807, 2.05) is 23.1 Å². The van der Waals surface area contributed by atoms with Crippen molar-refractivity contribution < 1.29 is 23.1 Å². The van der Waals surface area contributed by atoms with Gasteiger partial charge in [-0.2, -0.15) is 13.2 Å². The van der Waals surface area contributed by atoms with Gasteiger partial charge in [0.05, 0.1) is 11.1 Å². The molecule has 7 heteroatoms. The number of aromatic nitrogens is 1. The second kappa shape index (κ2) is 7.24. The monoisotopic (exact) mass is 398 g/mol. The maximum Gasteiger partial charge on any atom is 0.416 e. The maximum atomic E-state index is 12.9. The van der Waals surface area contributed by atoms with Crippen molar-refractivity contribution in [3.63, 3.8) is 0 Å². The van der Waals surface area contributed by atoms with E-state index >= 15 is 0 Å². The zero-order chi connectivity index (χ0) is 20.6. The Hall–Kier alpha value is -3.35. The van der Waals surface area contributed by atoms with Crippen LogP contribution in [0.15, 0.2) is 60.8 Å². The number of fused-ring (bicyclic) bond motifs is 1. The standard InChI is InChI=1S/C22H17F3N2O2/c23-22(24,25)15-4-1-3-14(11-15)12-16-13-17(7-9-26-16)27-10-8-18-19(21(28)29)5-2-6-20(18)27/h1-7,9,11,13H,8,10,12H2,(H,28,29). The SMILES string of the molecule is O=C(O)c1cccc2c1CCN2c1ccnc(Cc2cccc(C(F)(F)F)c2)c1. The van der Waals surface area contributed by atoms with E-state index in [4.69, 9.17) is 0 Å². The van der Waals surface area contributed by atoms with Gasteiger partial charge in [0.2, 0.25) is 0 Å². The first-order valence-corrected chi connectivity index (χ1v) is 9.07. The summed E-state index contributed by atoms with van der Waals surface area (Å²) < 4.78 is 38.8. The van der Waals surface area contributed by atoms with Crippen LogP contribution in [0.2, 0.25) is 0 Å². The number of carboxylic acids is 1. The van der Waals surface area contributed by atoms with Crippen LogP contribution in [-0.2, 0) is 19.0 Å². The quantitative estimate of drug-likeness (QED) is 0.666. The van der Waals surface area contributed by atoms with E-state index in [-0.39, 0.29) is 6.42 Å². The van der Waals surface area contributed by atoms with Gasteiger partial charge in [-0.15, -0.1) is 0 Å². The summed E-state index contributed by atoms with van der Waals surface area (Å²) in [6, 6.07) is 14.1. The lowest BCUT2D eigenvalue weighted by molar-refractivity contribution is -0.137. The van der Waals surface area contributed by atoms with Crippen molar-refractivity contribution in [2.75, 3.05) is 11.4 Å². The van der Waals surface area contributed by atoms with Gasteiger partial charge >= 0.3 is 12.1 Å². The van der Waals surface area contributed by atoms with Crippen LogP contribution >= 0.6 is 0 Å². The Bertz CT molecular complexity index is 1080. The van der Waals surface area contributed by atoms with Gasteiger partial charge in [-0.25, -0.2) is 4.79 Å². The summed E-state index contributed by atoms with van der Waals surface area (Å²) in [7, 11) is 0. The first kappa shape index (κ1) is 19.0. The fourth-order valence-corrected chi connectivity index (χ4v) is 3.70. The van der Waals surface area contributed by atoms with E-state index in [1.165, 1.54) is 6.07 Å². The van der Waals surface area contributed by atoms with Crippen molar-refractivity contribution in [2.24, 2.45) is 0 Å². The van der Waals surface area contributed by atoms with Crippen LogP contribution in [0.1, 0.15) is 32.7 Å². The van der Waals surface area contributed by atoms with Crippen LogP contribution in [0.5, 0.6) is 0 Å². The third-order valence-electron chi connectivity index (χ3n) is 5.01. The van der Waals surface area contributed by atoms with Crippen LogP contribution in [0.3, 0.4) is 0 Å². The van der Waals surface area contributed by atoms with Crippen LogP contribution in [0, 0.1) is 0 Å². The average molecular weight is 398 g/mol. The Morgan fingerprint density at radius 3 is 2.66 bits per heavy atom. The van der Waals surface area contributed by atoms with E-state index in [0.717, 1.165) is 29.1 Å². The highest BCUT2D eigenvalue weighted by molar-refractivity contribution is 5.92. The van der Waals surface area contributed by atoms with Crippen molar-refractivity contribution in [3.05, 3.63) is 88.7 Å². The summed E-state index contributed by atoms with van der Waals surface area (Å²) in [6.45, 7) is 0.632. The van der Waals surface area contributed by atoms with E-state index < -0.39 is 17.7 Å². The topological polar surface area (TPSA) is 53.4 Å². The molecule has 4 nitrogen and oxygen atoms in total. The third-order valence-corrected chi connectivity index (χ3v) is 5.01. The minimum absolute atomic E-state index is 0.271. The van der Waals surface area contributed by atoms with Gasteiger partial charge in [0.25, 0.3) is 0 Å². The second-order valence-electron chi connectivity index (χ2n) is 6.89. The van der Waals surface area contributed by atoms with Crippen LogP contribution in [0.25, 0.3) is 0 Å². The number of rotatable bonds is 4. The van der Waals surface area contributed by atoms with Crippen molar-refractivity contribution in [2.45, 2.75) is 19.0 Å². The fourth-order valence-electron chi connectivity index (χ4n) is 3.70. The Morgan fingerprint density at radius 2 is 1.90 bits per heavy atom. The minimum atomic E-state index is -4.38. The summed E-state index contributed by atoms with van der Waals surface area (Å²) in [5.41, 5.74) is 3.24. The van der Waals surface area contributed by atoms with Crippen molar-refractivity contribution in [3.8, 4) is 0 Å². The highest BCUT2D eigenvalue weighted by atomic mass is 19.4. The molecule has 0 amide bonds. The largest absolute Gasteiger partial charge is 0.478 e. The molecule has 0 radical (unpaired) electrons. The highest BCUT2D eigenvalue weighted by Crippen LogP contribution is 2.36. The van der Waals surface area contributed by atoms with Crippen LogP contribution in [-0.4, -0.2) is 22.6 Å². The molecule has 3 aromatic rings. The number of carboxylic acid groups (broad SMARTS) is 1. The smallest absolute Gasteiger partial charge is 0.416 e. The fraction of sp³-hybridized carbons (Fsp3) is 0.182. The summed E-state index contributed by atoms with van der Waals surface area (Å²) in [5.74, 6) is -0.955. The number of nitrogens with zero attached hydrogens (tertiary/aromatic N) is 2. The Morgan fingerprint density at radius 1 is 1.10 bits per heavy atom. The second-order valence-corrected chi connectivity index (χ2v) is 6.89. The van der Waals surface area contributed by atoms with E-state index in [9.17, 15) is 23.1 Å². The molecule has 0 aliphatic carbocycles. The molecule has 0 bridgehead atoms. The molecule has 0 unspecified atom stereocenters. The Kier molecular flexibility index (Phi) is 4.74. The molecule has 1 aromatic heterocycles. The molecule has 0 saturated heterocycles. The van der Waals surface area contributed by atoms with Crippen molar-refractivity contribution >= 4 is 17.3 Å². The number of carbonyl (C=O) groups is 1. The van der Waals surface area contributed by atoms with Gasteiger partial charge in [0.15, 0.2) is 0 Å². The van der Waals surface area contributed by atoms with Crippen LogP contribution < -0.4 is 4.90 Å². The predicted octanol–water partition coefficient (Wildman–Crippen LogP) is 5.08. The van der Waals surface area contributed by atoms with Gasteiger partial charge in [-0.05, 0) is 47.9 Å². The molecule has 1 N–H and O–H groups in total. The zero-order valence-electron chi connectivity index (χ0n) is 15.3. The zero-order valence-corrected chi connectivity index (χ0v) is 15.3. The lowest BCUT2D eigenvalue weighted by atomic mass is 10.0. The number of hydrogen-bond donors (Lipinski definition) is 1. The molecule has 0 fully saturated rings. The number of halogens is 3. The number of aromatic carboxylic acids is 1. The van der Waals surface area contributed by atoms with Crippen molar-refractivity contribution in [1.82, 2.24) is 4.98 Å². The first-order valence-electron chi connectivity index (χ1n) is 9.07. The number of benzene rings is 2. The molecule has 0 spiro atoms. The molecular formula is C22H17F3N2O2. The lowest BCUT2D eigenvalue weighted by Gasteiger charge is -2.20. The summed E-state index contributed by atoms with van der Waals surface area (Å²) in [6.07, 6.45) is -1.87. The average Bonchev–Trinajstić information content (AvgIpc) is 3.12. The molecular weight excluding hydrogens is 381 g/mol. The highest BCUT2D eigenvalue weighted by Gasteiger charge is 2.30. The molecule has 0 saturated carbocycles. The Labute approximate surface area is 165 Å². The molecule has 29 heavy (non-hydrogen) atoms. The first-order chi connectivity index (χ1) is 13.8. The molecule has 4 rings (SSSR count). The van der Waals surface area contributed by atoms with Crippen molar-refractivity contribution in [1.29, 1.82) is 0 Å². The van der Waals surface area contributed by atoms with E-state index in [2.05, 4.69) is 4.98 Å². The molecule has 1 aliphatic heterocycles. The molecule has 2 heterocycles. The summed E-state index contributed by atoms with van der Waals surface area (Å²) >= 11 is 0. The molecule has 2 aromatic carbocycles. The minimum Gasteiger partial charge on any atom is -0.478 e. The summed E-state index contributed by atoms with van der Waals surface area (Å²) in [4.78, 5) is 17.8. The number of anilines is 2. The summed E-state index contributed by atoms with van der Waals surface area (Å²) in [5, 5.41) is 9.39. The van der Waals surface area contributed by atoms with E-state index in [0.29, 0.717) is 29.8 Å². The normalized spacial score (nSPS) is 13.4.